The summed E-state index contributed by atoms with van der Waals surface area (Å²) in [6.45, 7) is 4.59. The Hall–Kier alpha value is -4.96. The molecule has 0 radical (unpaired) electrons. The second-order valence-corrected chi connectivity index (χ2v) is 13.5. The predicted octanol–water partition coefficient (Wildman–Crippen LogP) is 12.1. The summed E-state index contributed by atoms with van der Waals surface area (Å²) < 4.78 is 0. The zero-order valence-corrected chi connectivity index (χ0v) is 28.9. The van der Waals surface area contributed by atoms with Crippen LogP contribution in [0.3, 0.4) is 0 Å². The van der Waals surface area contributed by atoms with E-state index in [1.807, 2.05) is 36.9 Å². The monoisotopic (exact) mass is 642 g/mol. The number of nitrogens with zero attached hydrogens (tertiary/aromatic N) is 4. The van der Waals surface area contributed by atoms with Gasteiger partial charge in [0.2, 0.25) is 0 Å². The third-order valence-electron chi connectivity index (χ3n) is 10.3. The Morgan fingerprint density at radius 2 is 0.816 bits per heavy atom. The minimum Gasteiger partial charge on any atom is -0.236 e. The van der Waals surface area contributed by atoms with E-state index in [9.17, 15) is 0 Å². The molecule has 0 amide bonds. The van der Waals surface area contributed by atoms with Crippen LogP contribution in [0.25, 0.3) is 56.2 Å². The molecule has 1 aliphatic rings. The third kappa shape index (κ3) is 6.83. The molecule has 6 aromatic rings. The van der Waals surface area contributed by atoms with Crippen molar-refractivity contribution in [1.29, 1.82) is 0 Å². The summed E-state index contributed by atoms with van der Waals surface area (Å²) in [6, 6.07) is 34.6. The standard InChI is InChI=1S/C45H46N4/c1-3-5-7-15-25-45(26-16-8-6-4-2)41-27-35(43-46-29-37(30-47-43)33-17-11-9-12-18-33)21-23-39(41)40-24-22-36(28-42(40)45)44-48-31-38(32-49-44)34-19-13-10-14-20-34/h9-14,17-24,27-32H,3-8,15-16,25-26H2,1-2H3. The smallest absolute Gasteiger partial charge is 0.159 e. The van der Waals surface area contributed by atoms with Gasteiger partial charge in [0.25, 0.3) is 0 Å². The molecule has 0 atom stereocenters. The zero-order valence-electron chi connectivity index (χ0n) is 28.9. The molecule has 2 heterocycles. The first-order chi connectivity index (χ1) is 24.2. The minimum absolute atomic E-state index is 0.0773. The fraction of sp³-hybridized carbons (Fsp3) is 0.289. The van der Waals surface area contributed by atoms with E-state index in [-0.39, 0.29) is 5.41 Å². The molecular formula is C45H46N4. The van der Waals surface area contributed by atoms with E-state index in [1.54, 1.807) is 0 Å². The number of unbranched alkanes of at least 4 members (excludes halogenated alkanes) is 6. The molecule has 0 N–H and O–H groups in total. The second kappa shape index (κ2) is 15.1. The number of benzene rings is 4. The Morgan fingerprint density at radius 3 is 1.20 bits per heavy atom. The maximum atomic E-state index is 4.88. The molecule has 49 heavy (non-hydrogen) atoms. The van der Waals surface area contributed by atoms with Crippen LogP contribution in [0.5, 0.6) is 0 Å². The van der Waals surface area contributed by atoms with Crippen LogP contribution in [0, 0.1) is 0 Å². The molecule has 0 bridgehead atoms. The van der Waals surface area contributed by atoms with Crippen LogP contribution in [0.1, 0.15) is 89.2 Å². The van der Waals surface area contributed by atoms with Gasteiger partial charge < -0.3 is 0 Å². The summed E-state index contributed by atoms with van der Waals surface area (Å²) in [5.41, 5.74) is 12.0. The second-order valence-electron chi connectivity index (χ2n) is 13.5. The molecule has 2 aromatic heterocycles. The molecule has 0 saturated heterocycles. The lowest BCUT2D eigenvalue weighted by Crippen LogP contribution is -2.25. The average molecular weight is 643 g/mol. The highest BCUT2D eigenvalue weighted by molar-refractivity contribution is 5.85. The third-order valence-corrected chi connectivity index (χ3v) is 10.3. The van der Waals surface area contributed by atoms with Crippen LogP contribution in [-0.2, 0) is 5.41 Å². The molecule has 4 nitrogen and oxygen atoms in total. The van der Waals surface area contributed by atoms with Crippen LogP contribution >= 0.6 is 0 Å². The van der Waals surface area contributed by atoms with E-state index >= 15 is 0 Å². The highest BCUT2D eigenvalue weighted by Crippen LogP contribution is 2.55. The average Bonchev–Trinajstić information content (AvgIpc) is 3.44. The van der Waals surface area contributed by atoms with Gasteiger partial charge in [0.05, 0.1) is 0 Å². The van der Waals surface area contributed by atoms with Gasteiger partial charge in [-0.1, -0.05) is 150 Å². The maximum absolute atomic E-state index is 4.88. The summed E-state index contributed by atoms with van der Waals surface area (Å²) in [5.74, 6) is 1.55. The molecule has 0 spiro atoms. The molecule has 4 heteroatoms. The normalized spacial score (nSPS) is 12.9. The van der Waals surface area contributed by atoms with E-state index in [4.69, 9.17) is 19.9 Å². The molecule has 0 saturated carbocycles. The molecule has 246 valence electrons. The maximum Gasteiger partial charge on any atom is 0.159 e. The van der Waals surface area contributed by atoms with Crippen LogP contribution < -0.4 is 0 Å². The van der Waals surface area contributed by atoms with Crippen LogP contribution in [0.2, 0.25) is 0 Å². The van der Waals surface area contributed by atoms with E-state index in [0.29, 0.717) is 0 Å². The first-order valence-corrected chi connectivity index (χ1v) is 18.3. The number of hydrogen-bond donors (Lipinski definition) is 0. The first kappa shape index (κ1) is 32.6. The van der Waals surface area contributed by atoms with Gasteiger partial charge in [0.15, 0.2) is 11.6 Å². The number of fused-ring (bicyclic) bond motifs is 3. The number of rotatable bonds is 14. The summed E-state index contributed by atoms with van der Waals surface area (Å²) in [6.07, 6.45) is 20.0. The molecule has 0 unspecified atom stereocenters. The predicted molar refractivity (Wildman–Crippen MR) is 203 cm³/mol. The van der Waals surface area contributed by atoms with E-state index < -0.39 is 0 Å². The Kier molecular flexibility index (Phi) is 10.0. The van der Waals surface area contributed by atoms with Crippen molar-refractivity contribution < 1.29 is 0 Å². The lowest BCUT2D eigenvalue weighted by molar-refractivity contribution is 0.401. The summed E-state index contributed by atoms with van der Waals surface area (Å²) >= 11 is 0. The highest BCUT2D eigenvalue weighted by atomic mass is 14.9. The minimum atomic E-state index is -0.0773. The number of hydrogen-bond acceptors (Lipinski definition) is 4. The summed E-state index contributed by atoms with van der Waals surface area (Å²) in [4.78, 5) is 19.5. The Morgan fingerprint density at radius 1 is 0.408 bits per heavy atom. The molecular weight excluding hydrogens is 597 g/mol. The van der Waals surface area contributed by atoms with Crippen molar-refractivity contribution >= 4 is 0 Å². The molecule has 7 rings (SSSR count). The van der Waals surface area contributed by atoms with Crippen molar-refractivity contribution in [2.45, 2.75) is 83.5 Å². The van der Waals surface area contributed by atoms with Gasteiger partial charge in [-0.3, -0.25) is 0 Å². The largest absolute Gasteiger partial charge is 0.236 e. The van der Waals surface area contributed by atoms with Crippen LogP contribution in [-0.4, -0.2) is 19.9 Å². The summed E-state index contributed by atoms with van der Waals surface area (Å²) in [7, 11) is 0. The van der Waals surface area contributed by atoms with Gasteiger partial charge in [-0.15, -0.1) is 0 Å². The molecule has 0 aliphatic heterocycles. The van der Waals surface area contributed by atoms with Crippen LogP contribution in [0.4, 0.5) is 0 Å². The van der Waals surface area contributed by atoms with Crippen molar-refractivity contribution in [3.8, 4) is 56.2 Å². The van der Waals surface area contributed by atoms with Gasteiger partial charge in [-0.2, -0.15) is 0 Å². The van der Waals surface area contributed by atoms with Crippen molar-refractivity contribution in [2.24, 2.45) is 0 Å². The fourth-order valence-electron chi connectivity index (χ4n) is 7.66. The van der Waals surface area contributed by atoms with E-state index in [1.165, 1.54) is 73.6 Å². The van der Waals surface area contributed by atoms with Crippen LogP contribution in [0.15, 0.2) is 122 Å². The van der Waals surface area contributed by atoms with Gasteiger partial charge in [0.1, 0.15) is 0 Å². The topological polar surface area (TPSA) is 51.6 Å². The Labute approximate surface area is 291 Å². The van der Waals surface area contributed by atoms with Gasteiger partial charge >= 0.3 is 0 Å². The van der Waals surface area contributed by atoms with E-state index in [2.05, 4.69) is 98.8 Å². The lowest BCUT2D eigenvalue weighted by atomic mass is 9.70. The van der Waals surface area contributed by atoms with Crippen molar-refractivity contribution in [2.75, 3.05) is 0 Å². The Balaban J connectivity index is 1.29. The molecule has 4 aromatic carbocycles. The van der Waals surface area contributed by atoms with Crippen molar-refractivity contribution in [1.82, 2.24) is 19.9 Å². The van der Waals surface area contributed by atoms with Crippen molar-refractivity contribution in [3.05, 3.63) is 133 Å². The van der Waals surface area contributed by atoms with E-state index in [0.717, 1.165) is 57.9 Å². The summed E-state index contributed by atoms with van der Waals surface area (Å²) in [5, 5.41) is 0. The fourth-order valence-corrected chi connectivity index (χ4v) is 7.66. The van der Waals surface area contributed by atoms with Gasteiger partial charge in [-0.25, -0.2) is 19.9 Å². The SMILES string of the molecule is CCCCCCC1(CCCCCC)c2cc(-c3ncc(-c4ccccc4)cn3)ccc2-c2ccc(-c3ncc(-c4ccccc4)cn3)cc21. The molecule has 1 aliphatic carbocycles. The van der Waals surface area contributed by atoms with Gasteiger partial charge in [0, 0.05) is 52.5 Å². The lowest BCUT2D eigenvalue weighted by Gasteiger charge is -2.33. The first-order valence-electron chi connectivity index (χ1n) is 18.3. The van der Waals surface area contributed by atoms with Gasteiger partial charge in [-0.05, 0) is 58.4 Å². The highest BCUT2D eigenvalue weighted by Gasteiger charge is 2.42. The quantitative estimate of drug-likeness (QED) is 0.111. The zero-order chi connectivity index (χ0) is 33.5. The molecule has 0 fully saturated rings. The number of aromatic nitrogens is 4. The Bertz CT molecular complexity index is 1820. The van der Waals surface area contributed by atoms with Crippen molar-refractivity contribution in [3.63, 3.8) is 0 Å².